The van der Waals surface area contributed by atoms with E-state index in [9.17, 15) is 5.11 Å². The topological polar surface area (TPSA) is 129 Å². The molecule has 0 amide bonds. The number of rotatable bonds is 3. The third-order valence-electron chi connectivity index (χ3n) is 1.49. The van der Waals surface area contributed by atoms with Crippen LogP contribution in [0.1, 0.15) is 18.3 Å². The first kappa shape index (κ1) is 8.75. The summed E-state index contributed by atoms with van der Waals surface area (Å²) >= 11 is 0. The lowest BCUT2D eigenvalue weighted by Gasteiger charge is -2.06. The highest BCUT2D eigenvalue weighted by atomic mass is 16.3. The Balaban J connectivity index is 2.80. The molecule has 0 aromatic carbocycles. The van der Waals surface area contributed by atoms with E-state index in [0.717, 1.165) is 4.68 Å². The molecule has 0 aliphatic heterocycles. The maximum atomic E-state index is 9.38. The fraction of sp³-hybridized carbons (Fsp3) is 0.600. The average Bonchev–Trinajstić information content (AvgIpc) is 2.34. The van der Waals surface area contributed by atoms with E-state index in [1.54, 1.807) is 0 Å². The molecule has 0 fully saturated rings. The van der Waals surface area contributed by atoms with Gasteiger partial charge in [0, 0.05) is 0 Å². The standard InChI is InChI=1S/C5H12N6O/c6-2-1-3(12)4-9-10-5(7)11(4)8/h3,12H,1-2,6,8H2,(H2,7,10)/t3-/m0/s1. The van der Waals surface area contributed by atoms with E-state index in [-0.39, 0.29) is 11.8 Å². The van der Waals surface area contributed by atoms with Crippen LogP contribution in [0.4, 0.5) is 5.95 Å². The monoisotopic (exact) mass is 172 g/mol. The molecule has 0 bridgehead atoms. The highest BCUT2D eigenvalue weighted by Gasteiger charge is 2.15. The van der Waals surface area contributed by atoms with Gasteiger partial charge in [0.2, 0.25) is 5.95 Å². The predicted molar refractivity (Wildman–Crippen MR) is 43.2 cm³/mol. The maximum absolute atomic E-state index is 9.38. The van der Waals surface area contributed by atoms with Crippen molar-refractivity contribution in [2.75, 3.05) is 18.1 Å². The van der Waals surface area contributed by atoms with Crippen LogP contribution in [0.25, 0.3) is 0 Å². The van der Waals surface area contributed by atoms with Crippen molar-refractivity contribution in [3.05, 3.63) is 5.82 Å². The molecule has 7 heteroatoms. The van der Waals surface area contributed by atoms with Gasteiger partial charge in [0.15, 0.2) is 5.82 Å². The summed E-state index contributed by atoms with van der Waals surface area (Å²) in [5.74, 6) is 5.70. The van der Waals surface area contributed by atoms with E-state index >= 15 is 0 Å². The van der Waals surface area contributed by atoms with Gasteiger partial charge in [-0.25, -0.2) is 4.68 Å². The minimum Gasteiger partial charge on any atom is -0.385 e. The van der Waals surface area contributed by atoms with Crippen molar-refractivity contribution >= 4 is 5.95 Å². The SMILES string of the molecule is NCC[C@H](O)c1nnc(N)n1N. The number of nitrogen functional groups attached to an aromatic ring is 2. The molecule has 0 radical (unpaired) electrons. The van der Waals surface area contributed by atoms with Crippen molar-refractivity contribution in [2.45, 2.75) is 12.5 Å². The highest BCUT2D eigenvalue weighted by Crippen LogP contribution is 2.12. The van der Waals surface area contributed by atoms with Gasteiger partial charge in [0.25, 0.3) is 0 Å². The van der Waals surface area contributed by atoms with Crippen molar-refractivity contribution in [1.82, 2.24) is 14.9 Å². The van der Waals surface area contributed by atoms with Crippen LogP contribution in [0, 0.1) is 0 Å². The zero-order chi connectivity index (χ0) is 9.14. The largest absolute Gasteiger partial charge is 0.385 e. The number of nitrogens with two attached hydrogens (primary N) is 3. The summed E-state index contributed by atoms with van der Waals surface area (Å²) in [6.45, 7) is 0.355. The summed E-state index contributed by atoms with van der Waals surface area (Å²) in [6.07, 6.45) is -0.417. The molecule has 68 valence electrons. The van der Waals surface area contributed by atoms with Gasteiger partial charge in [-0.15, -0.1) is 10.2 Å². The molecule has 0 aliphatic rings. The average molecular weight is 172 g/mol. The second-order valence-electron chi connectivity index (χ2n) is 2.38. The Labute approximate surface area is 69.1 Å². The molecule has 12 heavy (non-hydrogen) atoms. The van der Waals surface area contributed by atoms with Crippen LogP contribution in [0.5, 0.6) is 0 Å². The summed E-state index contributed by atoms with van der Waals surface area (Å²) in [4.78, 5) is 0. The molecule has 0 aliphatic carbocycles. The smallest absolute Gasteiger partial charge is 0.240 e. The molecule has 1 atom stereocenters. The summed E-state index contributed by atoms with van der Waals surface area (Å²) in [5, 5.41) is 16.5. The van der Waals surface area contributed by atoms with E-state index in [2.05, 4.69) is 10.2 Å². The normalized spacial score (nSPS) is 13.2. The molecule has 0 saturated carbocycles. The van der Waals surface area contributed by atoms with Gasteiger partial charge in [-0.1, -0.05) is 0 Å². The number of hydrogen-bond acceptors (Lipinski definition) is 6. The van der Waals surface area contributed by atoms with Crippen molar-refractivity contribution in [3.8, 4) is 0 Å². The van der Waals surface area contributed by atoms with Gasteiger partial charge < -0.3 is 22.4 Å². The van der Waals surface area contributed by atoms with Gasteiger partial charge in [0.05, 0.1) is 0 Å². The first-order chi connectivity index (χ1) is 5.66. The van der Waals surface area contributed by atoms with Gasteiger partial charge in [-0.05, 0) is 13.0 Å². The predicted octanol–water partition coefficient (Wildman–Crippen LogP) is -2.04. The van der Waals surface area contributed by atoms with Gasteiger partial charge in [-0.3, -0.25) is 0 Å². The van der Waals surface area contributed by atoms with Crippen molar-refractivity contribution in [1.29, 1.82) is 0 Å². The number of anilines is 1. The quantitative estimate of drug-likeness (QED) is 0.388. The number of aromatic nitrogens is 3. The molecule has 0 unspecified atom stereocenters. The summed E-state index contributed by atoms with van der Waals surface area (Å²) in [7, 11) is 0. The molecule has 1 rings (SSSR count). The second-order valence-corrected chi connectivity index (χ2v) is 2.38. The Hall–Kier alpha value is -1.34. The Kier molecular flexibility index (Phi) is 2.46. The van der Waals surface area contributed by atoms with Gasteiger partial charge in [-0.2, -0.15) is 0 Å². The number of hydrogen-bond donors (Lipinski definition) is 4. The number of nitrogens with zero attached hydrogens (tertiary/aromatic N) is 3. The third kappa shape index (κ3) is 1.46. The Bertz CT molecular complexity index is 258. The van der Waals surface area contributed by atoms with Crippen LogP contribution in [-0.2, 0) is 0 Å². The van der Waals surface area contributed by atoms with E-state index in [0.29, 0.717) is 13.0 Å². The molecule has 1 aromatic heterocycles. The Morgan fingerprint density at radius 2 is 2.17 bits per heavy atom. The first-order valence-electron chi connectivity index (χ1n) is 3.50. The third-order valence-corrected chi connectivity index (χ3v) is 1.49. The maximum Gasteiger partial charge on any atom is 0.240 e. The van der Waals surface area contributed by atoms with Gasteiger partial charge >= 0.3 is 0 Å². The summed E-state index contributed by atoms with van der Waals surface area (Å²) < 4.78 is 1.04. The van der Waals surface area contributed by atoms with E-state index < -0.39 is 6.10 Å². The van der Waals surface area contributed by atoms with Crippen LogP contribution in [0.15, 0.2) is 0 Å². The lowest BCUT2D eigenvalue weighted by molar-refractivity contribution is 0.157. The number of aliphatic hydroxyl groups excluding tert-OH is 1. The van der Waals surface area contributed by atoms with E-state index in [1.807, 2.05) is 0 Å². The van der Waals surface area contributed by atoms with Crippen LogP contribution >= 0.6 is 0 Å². The Morgan fingerprint density at radius 1 is 1.50 bits per heavy atom. The molecule has 1 heterocycles. The number of aliphatic hydroxyl groups is 1. The Morgan fingerprint density at radius 3 is 2.58 bits per heavy atom. The molecule has 7 nitrogen and oxygen atoms in total. The molecular weight excluding hydrogens is 160 g/mol. The van der Waals surface area contributed by atoms with Crippen LogP contribution in [0.2, 0.25) is 0 Å². The van der Waals surface area contributed by atoms with Crippen molar-refractivity contribution in [3.63, 3.8) is 0 Å². The molecule has 0 spiro atoms. The van der Waals surface area contributed by atoms with Crippen LogP contribution < -0.4 is 17.3 Å². The highest BCUT2D eigenvalue weighted by molar-refractivity contribution is 5.17. The van der Waals surface area contributed by atoms with Crippen molar-refractivity contribution in [2.24, 2.45) is 5.73 Å². The molecular formula is C5H12N6O. The summed E-state index contributed by atoms with van der Waals surface area (Å²) in [6, 6.07) is 0. The van der Waals surface area contributed by atoms with E-state index in [4.69, 9.17) is 17.3 Å². The zero-order valence-electron chi connectivity index (χ0n) is 6.51. The minimum absolute atomic E-state index is 0.0704. The fourth-order valence-corrected chi connectivity index (χ4v) is 0.830. The minimum atomic E-state index is -0.801. The first-order valence-corrected chi connectivity index (χ1v) is 3.50. The molecule has 7 N–H and O–H groups in total. The lowest BCUT2D eigenvalue weighted by atomic mass is 10.2. The van der Waals surface area contributed by atoms with Crippen molar-refractivity contribution < 1.29 is 5.11 Å². The molecule has 0 saturated heterocycles. The second kappa shape index (κ2) is 3.37. The lowest BCUT2D eigenvalue weighted by Crippen LogP contribution is -2.19. The van der Waals surface area contributed by atoms with Crippen LogP contribution in [-0.4, -0.2) is 26.5 Å². The van der Waals surface area contributed by atoms with E-state index in [1.165, 1.54) is 0 Å². The summed E-state index contributed by atoms with van der Waals surface area (Å²) in [5.41, 5.74) is 10.5. The zero-order valence-corrected chi connectivity index (χ0v) is 6.51. The molecule has 1 aromatic rings. The fourth-order valence-electron chi connectivity index (χ4n) is 0.830. The van der Waals surface area contributed by atoms with Crippen LogP contribution in [0.3, 0.4) is 0 Å². The van der Waals surface area contributed by atoms with Gasteiger partial charge in [0.1, 0.15) is 6.10 Å².